The van der Waals surface area contributed by atoms with Gasteiger partial charge in [-0.2, -0.15) is 0 Å². The number of piperidine rings is 1. The predicted octanol–water partition coefficient (Wildman–Crippen LogP) is 1.87. The van der Waals surface area contributed by atoms with Crippen LogP contribution in [0.25, 0.3) is 0 Å². The highest BCUT2D eigenvalue weighted by Crippen LogP contribution is 2.25. The molecule has 0 radical (unpaired) electrons. The summed E-state index contributed by atoms with van der Waals surface area (Å²) in [4.78, 5) is 11.3. The molecular formula is C14H18N2O. The van der Waals surface area contributed by atoms with Crippen molar-refractivity contribution in [3.05, 3.63) is 29.3 Å². The Morgan fingerprint density at radius 1 is 1.29 bits per heavy atom. The summed E-state index contributed by atoms with van der Waals surface area (Å²) in [7, 11) is 0. The number of hydrogen-bond donors (Lipinski definition) is 2. The van der Waals surface area contributed by atoms with Crippen molar-refractivity contribution in [2.24, 2.45) is 0 Å². The van der Waals surface area contributed by atoms with Gasteiger partial charge in [0.25, 0.3) is 0 Å². The molecule has 1 fully saturated rings. The van der Waals surface area contributed by atoms with Crippen molar-refractivity contribution in [2.75, 3.05) is 11.9 Å². The van der Waals surface area contributed by atoms with Crippen LogP contribution >= 0.6 is 0 Å². The fourth-order valence-electron chi connectivity index (χ4n) is 2.77. The molecule has 1 atom stereocenters. The van der Waals surface area contributed by atoms with Gasteiger partial charge in [-0.3, -0.25) is 4.79 Å². The number of carbonyl (C=O) groups excluding carboxylic acids is 1. The van der Waals surface area contributed by atoms with Crippen molar-refractivity contribution in [2.45, 2.75) is 38.1 Å². The van der Waals surface area contributed by atoms with Crippen LogP contribution in [0.4, 0.5) is 5.69 Å². The van der Waals surface area contributed by atoms with Crippen molar-refractivity contribution in [3.63, 3.8) is 0 Å². The third-order valence-electron chi connectivity index (χ3n) is 3.69. The standard InChI is InChI=1S/C14H18N2O/c17-14-9-11-5-4-10(8-13(11)16-14)7-12-3-1-2-6-15-12/h4-5,8,12,15H,1-3,6-7,9H2,(H,16,17). The topological polar surface area (TPSA) is 41.1 Å². The molecule has 2 aliphatic rings. The Morgan fingerprint density at radius 2 is 2.24 bits per heavy atom. The second kappa shape index (κ2) is 4.49. The minimum atomic E-state index is 0.118. The van der Waals surface area contributed by atoms with Crippen LogP contribution < -0.4 is 10.6 Å². The molecule has 0 aromatic heterocycles. The van der Waals surface area contributed by atoms with Gasteiger partial charge in [0.05, 0.1) is 6.42 Å². The third-order valence-corrected chi connectivity index (χ3v) is 3.69. The van der Waals surface area contributed by atoms with Crippen LogP contribution in [0.1, 0.15) is 30.4 Å². The maximum atomic E-state index is 11.3. The molecule has 17 heavy (non-hydrogen) atoms. The zero-order chi connectivity index (χ0) is 11.7. The van der Waals surface area contributed by atoms with Gasteiger partial charge < -0.3 is 10.6 Å². The number of nitrogens with one attached hydrogen (secondary N) is 2. The maximum Gasteiger partial charge on any atom is 0.228 e. The zero-order valence-corrected chi connectivity index (χ0v) is 9.96. The Labute approximate surface area is 102 Å². The van der Waals surface area contributed by atoms with Gasteiger partial charge in [-0.25, -0.2) is 0 Å². The van der Waals surface area contributed by atoms with Crippen molar-refractivity contribution >= 4 is 11.6 Å². The van der Waals surface area contributed by atoms with E-state index in [4.69, 9.17) is 0 Å². The van der Waals surface area contributed by atoms with Crippen molar-refractivity contribution in [3.8, 4) is 0 Å². The van der Waals surface area contributed by atoms with Gasteiger partial charge in [0.1, 0.15) is 0 Å². The highest BCUT2D eigenvalue weighted by Gasteiger charge is 2.19. The molecule has 3 heteroatoms. The largest absolute Gasteiger partial charge is 0.326 e. The molecule has 0 spiro atoms. The highest BCUT2D eigenvalue weighted by molar-refractivity contribution is 5.99. The number of amides is 1. The summed E-state index contributed by atoms with van der Waals surface area (Å²) in [5.74, 6) is 0.118. The van der Waals surface area contributed by atoms with Crippen molar-refractivity contribution < 1.29 is 4.79 Å². The van der Waals surface area contributed by atoms with E-state index >= 15 is 0 Å². The molecule has 1 amide bonds. The highest BCUT2D eigenvalue weighted by atomic mass is 16.1. The van der Waals surface area contributed by atoms with E-state index in [1.54, 1.807) is 0 Å². The smallest absolute Gasteiger partial charge is 0.228 e. The van der Waals surface area contributed by atoms with Gasteiger partial charge in [0, 0.05) is 11.7 Å². The average Bonchev–Trinajstić information content (AvgIpc) is 2.70. The van der Waals surface area contributed by atoms with Crippen LogP contribution in [0.3, 0.4) is 0 Å². The Balaban J connectivity index is 1.72. The second-order valence-corrected chi connectivity index (χ2v) is 5.07. The van der Waals surface area contributed by atoms with E-state index in [0.717, 1.165) is 24.2 Å². The second-order valence-electron chi connectivity index (χ2n) is 5.07. The Bertz CT molecular complexity index is 436. The molecule has 1 aromatic carbocycles. The summed E-state index contributed by atoms with van der Waals surface area (Å²) in [6.45, 7) is 1.15. The van der Waals surface area contributed by atoms with Gasteiger partial charge in [-0.05, 0) is 43.0 Å². The number of fused-ring (bicyclic) bond motifs is 1. The third kappa shape index (κ3) is 2.34. The lowest BCUT2D eigenvalue weighted by Crippen LogP contribution is -2.35. The zero-order valence-electron chi connectivity index (χ0n) is 9.96. The van der Waals surface area contributed by atoms with E-state index in [1.165, 1.54) is 24.8 Å². The lowest BCUT2D eigenvalue weighted by atomic mass is 9.97. The first-order valence-electron chi connectivity index (χ1n) is 6.46. The van der Waals surface area contributed by atoms with Gasteiger partial charge in [-0.15, -0.1) is 0 Å². The van der Waals surface area contributed by atoms with Gasteiger partial charge >= 0.3 is 0 Å². The first-order chi connectivity index (χ1) is 8.31. The molecule has 0 aliphatic carbocycles. The molecule has 90 valence electrons. The maximum absolute atomic E-state index is 11.3. The minimum absolute atomic E-state index is 0.118. The van der Waals surface area contributed by atoms with E-state index in [1.807, 2.05) is 0 Å². The summed E-state index contributed by atoms with van der Waals surface area (Å²) in [6.07, 6.45) is 5.51. The molecule has 2 N–H and O–H groups in total. The fourth-order valence-corrected chi connectivity index (χ4v) is 2.77. The quantitative estimate of drug-likeness (QED) is 0.814. The van der Waals surface area contributed by atoms with Crippen molar-refractivity contribution in [1.29, 1.82) is 0 Å². The Kier molecular flexibility index (Phi) is 2.85. The van der Waals surface area contributed by atoms with E-state index < -0.39 is 0 Å². The van der Waals surface area contributed by atoms with Crippen LogP contribution in [0, 0.1) is 0 Å². The van der Waals surface area contributed by atoms with E-state index in [2.05, 4.69) is 28.8 Å². The molecule has 0 bridgehead atoms. The summed E-state index contributed by atoms with van der Waals surface area (Å²) >= 11 is 0. The Hall–Kier alpha value is -1.35. The molecule has 2 heterocycles. The van der Waals surface area contributed by atoms with Crippen LogP contribution in [0.15, 0.2) is 18.2 Å². The molecule has 1 aromatic rings. The number of carbonyl (C=O) groups is 1. The molecule has 0 saturated carbocycles. The predicted molar refractivity (Wildman–Crippen MR) is 68.1 cm³/mol. The monoisotopic (exact) mass is 230 g/mol. The van der Waals surface area contributed by atoms with Crippen molar-refractivity contribution in [1.82, 2.24) is 5.32 Å². The number of anilines is 1. The number of hydrogen-bond acceptors (Lipinski definition) is 2. The van der Waals surface area contributed by atoms with E-state index in [9.17, 15) is 4.79 Å². The fraction of sp³-hybridized carbons (Fsp3) is 0.500. The van der Waals surface area contributed by atoms with E-state index in [-0.39, 0.29) is 5.91 Å². The first-order valence-corrected chi connectivity index (χ1v) is 6.46. The van der Waals surface area contributed by atoms with Crippen LogP contribution in [-0.4, -0.2) is 18.5 Å². The van der Waals surface area contributed by atoms with Gasteiger partial charge in [-0.1, -0.05) is 18.6 Å². The summed E-state index contributed by atoms with van der Waals surface area (Å²) in [5, 5.41) is 6.47. The normalized spacial score (nSPS) is 23.3. The van der Waals surface area contributed by atoms with Gasteiger partial charge in [0.15, 0.2) is 0 Å². The van der Waals surface area contributed by atoms with Crippen LogP contribution in [0.2, 0.25) is 0 Å². The molecule has 1 unspecified atom stereocenters. The SMILES string of the molecule is O=C1Cc2ccc(CC3CCCCN3)cc2N1. The summed E-state index contributed by atoms with van der Waals surface area (Å²) in [5.41, 5.74) is 3.48. The average molecular weight is 230 g/mol. The van der Waals surface area contributed by atoms with Crippen LogP contribution in [0.5, 0.6) is 0 Å². The molecule has 1 saturated heterocycles. The number of rotatable bonds is 2. The first kappa shape index (κ1) is 10.8. The van der Waals surface area contributed by atoms with E-state index in [0.29, 0.717) is 12.5 Å². The summed E-state index contributed by atoms with van der Waals surface area (Å²) in [6, 6.07) is 7.00. The lowest BCUT2D eigenvalue weighted by Gasteiger charge is -2.23. The van der Waals surface area contributed by atoms with Crippen LogP contribution in [-0.2, 0) is 17.6 Å². The van der Waals surface area contributed by atoms with Gasteiger partial charge in [0.2, 0.25) is 5.91 Å². The molecule has 3 nitrogen and oxygen atoms in total. The number of benzene rings is 1. The minimum Gasteiger partial charge on any atom is -0.326 e. The molecule has 3 rings (SSSR count). The lowest BCUT2D eigenvalue weighted by molar-refractivity contribution is -0.115. The summed E-state index contributed by atoms with van der Waals surface area (Å²) < 4.78 is 0. The molecule has 2 aliphatic heterocycles. The Morgan fingerprint density at radius 3 is 3.06 bits per heavy atom. The molecular weight excluding hydrogens is 212 g/mol.